The van der Waals surface area contributed by atoms with Gasteiger partial charge in [-0.05, 0) is 38.0 Å². The summed E-state index contributed by atoms with van der Waals surface area (Å²) in [7, 11) is 0. The fraction of sp³-hybridized carbons (Fsp3) is 0.700. The lowest BCUT2D eigenvalue weighted by atomic mass is 9.61. The molecule has 6 nitrogen and oxygen atoms in total. The maximum Gasteiger partial charge on any atom is 0.308 e. The van der Waals surface area contributed by atoms with E-state index in [1.54, 1.807) is 6.92 Å². The number of esters is 2. The largest absolute Gasteiger partial charge is 0.466 e. The van der Waals surface area contributed by atoms with Crippen molar-refractivity contribution >= 4 is 11.9 Å². The van der Waals surface area contributed by atoms with Gasteiger partial charge in [-0.15, -0.1) is 0 Å². The molecule has 0 spiro atoms. The average Bonchev–Trinajstić information content (AvgIpc) is 2.64. The van der Waals surface area contributed by atoms with E-state index in [1.807, 2.05) is 6.92 Å². The highest BCUT2D eigenvalue weighted by molar-refractivity contribution is 5.72. The Bertz CT molecular complexity index is 633. The van der Waals surface area contributed by atoms with Crippen LogP contribution in [0.4, 0.5) is 0 Å². The zero-order valence-electron chi connectivity index (χ0n) is 15.7. The summed E-state index contributed by atoms with van der Waals surface area (Å²) in [6.07, 6.45) is 2.76. The monoisotopic (exact) mass is 358 g/mol. The molecule has 0 bridgehead atoms. The molecule has 0 aromatic heterocycles. The quantitative estimate of drug-likeness (QED) is 0.534. The van der Waals surface area contributed by atoms with Gasteiger partial charge in [-0.25, -0.2) is 0 Å². The second-order valence-corrected chi connectivity index (χ2v) is 6.54. The van der Waals surface area contributed by atoms with Crippen molar-refractivity contribution in [2.45, 2.75) is 52.9 Å². The summed E-state index contributed by atoms with van der Waals surface area (Å²) in [4.78, 5) is 22.8. The number of nitriles is 2. The molecule has 26 heavy (non-hydrogen) atoms. The Balaban J connectivity index is 2.88. The van der Waals surface area contributed by atoms with Gasteiger partial charge >= 0.3 is 11.9 Å². The van der Waals surface area contributed by atoms with Gasteiger partial charge in [-0.1, -0.05) is 25.2 Å². The van der Waals surface area contributed by atoms with E-state index >= 15 is 0 Å². The van der Waals surface area contributed by atoms with Crippen LogP contribution in [-0.4, -0.2) is 25.2 Å². The van der Waals surface area contributed by atoms with Gasteiger partial charge in [0.1, 0.15) is 0 Å². The van der Waals surface area contributed by atoms with E-state index < -0.39 is 11.4 Å². The first-order valence-corrected chi connectivity index (χ1v) is 9.02. The van der Waals surface area contributed by atoms with Gasteiger partial charge in [0.25, 0.3) is 0 Å². The number of carbonyl (C=O) groups excluding carboxylic acids is 2. The number of hydrogen-bond donors (Lipinski definition) is 0. The summed E-state index contributed by atoms with van der Waals surface area (Å²) in [5.41, 5.74) is -1.22. The summed E-state index contributed by atoms with van der Waals surface area (Å²) in [5, 5.41) is 19.5. The van der Waals surface area contributed by atoms with E-state index in [9.17, 15) is 20.1 Å². The molecule has 0 aromatic rings. The summed E-state index contributed by atoms with van der Waals surface area (Å²) >= 11 is 0. The first-order chi connectivity index (χ1) is 12.4. The summed E-state index contributed by atoms with van der Waals surface area (Å²) in [6.45, 7) is 5.40. The van der Waals surface area contributed by atoms with E-state index in [0.29, 0.717) is 25.9 Å². The van der Waals surface area contributed by atoms with Gasteiger partial charge in [0.2, 0.25) is 0 Å². The Morgan fingerprint density at radius 3 is 2.35 bits per heavy atom. The van der Waals surface area contributed by atoms with E-state index in [1.165, 1.54) is 6.92 Å². The van der Waals surface area contributed by atoms with Gasteiger partial charge in [0, 0.05) is 13.3 Å². The topological polar surface area (TPSA) is 100 Å². The fourth-order valence-corrected chi connectivity index (χ4v) is 3.63. The third-order valence-corrected chi connectivity index (χ3v) is 5.00. The molecule has 1 aliphatic carbocycles. The van der Waals surface area contributed by atoms with Crippen LogP contribution >= 0.6 is 0 Å². The Morgan fingerprint density at radius 1 is 1.12 bits per heavy atom. The highest BCUT2D eigenvalue weighted by Crippen LogP contribution is 2.47. The van der Waals surface area contributed by atoms with Crippen molar-refractivity contribution < 1.29 is 19.1 Å². The summed E-state index contributed by atoms with van der Waals surface area (Å²) in [5.74, 6) is 4.67. The Morgan fingerprint density at radius 2 is 1.81 bits per heavy atom. The molecule has 0 radical (unpaired) electrons. The van der Waals surface area contributed by atoms with Crippen molar-refractivity contribution in [3.63, 3.8) is 0 Å². The maximum absolute atomic E-state index is 12.0. The zero-order chi connectivity index (χ0) is 19.6. The molecule has 0 saturated heterocycles. The molecule has 1 aliphatic rings. The molecule has 0 aromatic carbocycles. The van der Waals surface area contributed by atoms with E-state index in [0.717, 1.165) is 6.42 Å². The average molecular weight is 358 g/mol. The van der Waals surface area contributed by atoms with Gasteiger partial charge in [-0.2, -0.15) is 10.5 Å². The van der Waals surface area contributed by atoms with Crippen LogP contribution in [0.2, 0.25) is 0 Å². The van der Waals surface area contributed by atoms with Crippen molar-refractivity contribution in [1.82, 2.24) is 0 Å². The summed E-state index contributed by atoms with van der Waals surface area (Å²) < 4.78 is 9.87. The van der Waals surface area contributed by atoms with Crippen LogP contribution in [-0.2, 0) is 19.1 Å². The van der Waals surface area contributed by atoms with Crippen LogP contribution in [0, 0.1) is 57.7 Å². The highest BCUT2D eigenvalue weighted by atomic mass is 16.5. The van der Waals surface area contributed by atoms with Crippen LogP contribution in [0.3, 0.4) is 0 Å². The van der Waals surface area contributed by atoms with Crippen molar-refractivity contribution in [3.05, 3.63) is 0 Å². The van der Waals surface area contributed by atoms with Crippen LogP contribution in [0.15, 0.2) is 0 Å². The first kappa shape index (κ1) is 21.5. The molecule has 0 unspecified atom stereocenters. The molecule has 0 N–H and O–H groups in total. The lowest BCUT2D eigenvalue weighted by Gasteiger charge is -2.40. The number of carbonyl (C=O) groups is 2. The molecule has 0 aliphatic heterocycles. The molecule has 1 fully saturated rings. The molecule has 3 atom stereocenters. The minimum atomic E-state index is -1.22. The maximum atomic E-state index is 12.0. The predicted molar refractivity (Wildman–Crippen MR) is 93.9 cm³/mol. The molecule has 6 heteroatoms. The van der Waals surface area contributed by atoms with Gasteiger partial charge in [0.05, 0.1) is 24.7 Å². The number of ether oxygens (including phenoxy) is 2. The van der Waals surface area contributed by atoms with Crippen molar-refractivity contribution in [2.75, 3.05) is 13.2 Å². The Hall–Kier alpha value is -2.52. The van der Waals surface area contributed by atoms with Crippen LogP contribution in [0.5, 0.6) is 0 Å². The molecule has 0 heterocycles. The lowest BCUT2D eigenvalue weighted by Crippen LogP contribution is -2.39. The highest BCUT2D eigenvalue weighted by Gasteiger charge is 2.46. The third-order valence-electron chi connectivity index (χ3n) is 5.00. The SMILES string of the molecule is CCOC(=O)[C@H]1CC[C@@H](C(C#N)(C#N)CC#CCOC(C)=O)[C@H](CC)C1. The number of hydrogen-bond acceptors (Lipinski definition) is 6. The second kappa shape index (κ2) is 10.5. The number of rotatable bonds is 6. The molecule has 1 saturated carbocycles. The van der Waals surface area contributed by atoms with Crippen molar-refractivity contribution in [1.29, 1.82) is 10.5 Å². The van der Waals surface area contributed by atoms with E-state index in [4.69, 9.17) is 9.47 Å². The van der Waals surface area contributed by atoms with Crippen molar-refractivity contribution in [2.24, 2.45) is 23.2 Å². The van der Waals surface area contributed by atoms with Gasteiger partial charge in [-0.3, -0.25) is 9.59 Å². The number of nitrogens with zero attached hydrogens (tertiary/aromatic N) is 2. The Labute approximate surface area is 155 Å². The normalized spacial score (nSPS) is 22.1. The van der Waals surface area contributed by atoms with Crippen LogP contribution in [0.1, 0.15) is 52.9 Å². The second-order valence-electron chi connectivity index (χ2n) is 6.54. The van der Waals surface area contributed by atoms with Crippen molar-refractivity contribution in [3.8, 4) is 24.0 Å². The predicted octanol–water partition coefficient (Wildman–Crippen LogP) is 2.98. The molecular weight excluding hydrogens is 332 g/mol. The fourth-order valence-electron chi connectivity index (χ4n) is 3.63. The third kappa shape index (κ3) is 5.50. The first-order valence-electron chi connectivity index (χ1n) is 9.02. The lowest BCUT2D eigenvalue weighted by molar-refractivity contribution is -0.150. The van der Waals surface area contributed by atoms with E-state index in [-0.39, 0.29) is 36.8 Å². The molecule has 1 rings (SSSR count). The minimum absolute atomic E-state index is 0.0466. The Kier molecular flexibility index (Phi) is 8.66. The standard InChI is InChI=1S/C20H26N2O4/c1-4-16-12-17(19(24)25-5-2)8-9-18(16)20(13-21,14-22)10-6-7-11-26-15(3)23/h16-18H,4-5,8-12H2,1-3H3/t16-,17+,18-/m1/s1. The molecular formula is C20H26N2O4. The molecule has 140 valence electrons. The van der Waals surface area contributed by atoms with Gasteiger partial charge < -0.3 is 9.47 Å². The van der Waals surface area contributed by atoms with Crippen LogP contribution < -0.4 is 0 Å². The van der Waals surface area contributed by atoms with E-state index in [2.05, 4.69) is 24.0 Å². The smallest absolute Gasteiger partial charge is 0.308 e. The molecule has 0 amide bonds. The zero-order valence-corrected chi connectivity index (χ0v) is 15.7. The minimum Gasteiger partial charge on any atom is -0.466 e. The van der Waals surface area contributed by atoms with Gasteiger partial charge in [0.15, 0.2) is 12.0 Å². The summed E-state index contributed by atoms with van der Waals surface area (Å²) in [6, 6.07) is 4.36. The van der Waals surface area contributed by atoms with Crippen LogP contribution in [0.25, 0.3) is 0 Å².